The maximum atomic E-state index is 13.2. The van der Waals surface area contributed by atoms with Gasteiger partial charge < -0.3 is 9.84 Å². The minimum atomic E-state index is -0.234. The zero-order chi connectivity index (χ0) is 15.7. The molecule has 0 bridgehead atoms. The predicted molar refractivity (Wildman–Crippen MR) is 85.5 cm³/mol. The van der Waals surface area contributed by atoms with E-state index in [1.807, 2.05) is 26.0 Å². The van der Waals surface area contributed by atoms with Crippen LogP contribution in [0.2, 0.25) is 0 Å². The zero-order valence-electron chi connectivity index (χ0n) is 13.0. The molecule has 0 saturated heterocycles. The molecule has 1 saturated carbocycles. The van der Waals surface area contributed by atoms with Crippen LogP contribution in [0.4, 0.5) is 4.39 Å². The van der Waals surface area contributed by atoms with Crippen LogP contribution < -0.4 is 4.74 Å². The van der Waals surface area contributed by atoms with Crippen LogP contribution in [0.1, 0.15) is 43.7 Å². The van der Waals surface area contributed by atoms with Gasteiger partial charge in [0.2, 0.25) is 0 Å². The lowest BCUT2D eigenvalue weighted by atomic mass is 9.94. The van der Waals surface area contributed by atoms with Crippen LogP contribution in [0, 0.1) is 5.82 Å². The lowest BCUT2D eigenvalue weighted by Gasteiger charge is -2.18. The first kappa shape index (κ1) is 15.0. The lowest BCUT2D eigenvalue weighted by Crippen LogP contribution is -2.08. The summed E-state index contributed by atoms with van der Waals surface area (Å²) in [4.78, 5) is 0. The molecule has 0 aliphatic heterocycles. The van der Waals surface area contributed by atoms with Gasteiger partial charge in [-0.05, 0) is 73.6 Å². The highest BCUT2D eigenvalue weighted by atomic mass is 19.1. The van der Waals surface area contributed by atoms with E-state index in [2.05, 4.69) is 0 Å². The molecule has 0 spiro atoms. The molecule has 0 aromatic heterocycles. The molecule has 0 radical (unpaired) electrons. The summed E-state index contributed by atoms with van der Waals surface area (Å²) < 4.78 is 19.0. The first-order valence-electron chi connectivity index (χ1n) is 7.78. The van der Waals surface area contributed by atoms with Gasteiger partial charge in [0.05, 0.1) is 12.7 Å². The Hall–Kier alpha value is -1.87. The van der Waals surface area contributed by atoms with Crippen LogP contribution in [0.15, 0.2) is 36.4 Å². The van der Waals surface area contributed by atoms with Crippen LogP contribution in [-0.4, -0.2) is 11.2 Å². The third-order valence-electron chi connectivity index (χ3n) is 3.94. The van der Waals surface area contributed by atoms with E-state index in [9.17, 15) is 9.50 Å². The van der Waals surface area contributed by atoms with E-state index in [0.29, 0.717) is 11.7 Å². The van der Waals surface area contributed by atoms with E-state index >= 15 is 0 Å². The first-order valence-corrected chi connectivity index (χ1v) is 7.78. The van der Waals surface area contributed by atoms with Crippen molar-refractivity contribution in [2.75, 3.05) is 0 Å². The van der Waals surface area contributed by atoms with Gasteiger partial charge in [0, 0.05) is 5.56 Å². The molecule has 1 N–H and O–H groups in total. The average molecular weight is 300 g/mol. The van der Waals surface area contributed by atoms with E-state index in [1.54, 1.807) is 12.1 Å². The van der Waals surface area contributed by atoms with Crippen LogP contribution >= 0.6 is 0 Å². The van der Waals surface area contributed by atoms with Gasteiger partial charge in [-0.3, -0.25) is 0 Å². The Morgan fingerprint density at radius 1 is 1.18 bits per heavy atom. The van der Waals surface area contributed by atoms with Gasteiger partial charge in [0.25, 0.3) is 0 Å². The number of aliphatic hydroxyl groups excluding tert-OH is 1. The number of aliphatic hydroxyl groups is 1. The monoisotopic (exact) mass is 300 g/mol. The number of halogens is 1. The Bertz CT molecular complexity index is 658. The molecule has 0 heterocycles. The lowest BCUT2D eigenvalue weighted by molar-refractivity contribution is 0.225. The maximum absolute atomic E-state index is 13.2. The smallest absolute Gasteiger partial charge is 0.125 e. The predicted octanol–water partition coefficient (Wildman–Crippen LogP) is 4.65. The Balaban J connectivity index is 2.11. The second-order valence-corrected chi connectivity index (χ2v) is 6.15. The summed E-state index contributed by atoms with van der Waals surface area (Å²) >= 11 is 0. The molecule has 116 valence electrons. The van der Waals surface area contributed by atoms with Crippen molar-refractivity contribution in [3.63, 3.8) is 0 Å². The van der Waals surface area contributed by atoms with Gasteiger partial charge in [0.15, 0.2) is 0 Å². The van der Waals surface area contributed by atoms with E-state index < -0.39 is 0 Å². The van der Waals surface area contributed by atoms with Crippen molar-refractivity contribution in [1.82, 2.24) is 0 Å². The Labute approximate surface area is 130 Å². The number of hydrogen-bond acceptors (Lipinski definition) is 2. The van der Waals surface area contributed by atoms with Crippen molar-refractivity contribution in [3.8, 4) is 16.9 Å². The molecular weight excluding hydrogens is 279 g/mol. The topological polar surface area (TPSA) is 29.5 Å². The summed E-state index contributed by atoms with van der Waals surface area (Å²) in [5, 5.41) is 9.63. The second-order valence-electron chi connectivity index (χ2n) is 6.15. The fraction of sp³-hybridized carbons (Fsp3) is 0.368. The van der Waals surface area contributed by atoms with Gasteiger partial charge >= 0.3 is 0 Å². The van der Waals surface area contributed by atoms with Gasteiger partial charge in [-0.2, -0.15) is 0 Å². The van der Waals surface area contributed by atoms with Gasteiger partial charge in [-0.15, -0.1) is 0 Å². The quantitative estimate of drug-likeness (QED) is 0.871. The van der Waals surface area contributed by atoms with Gasteiger partial charge in [0.1, 0.15) is 11.6 Å². The van der Waals surface area contributed by atoms with Crippen LogP contribution in [0.5, 0.6) is 5.75 Å². The van der Waals surface area contributed by atoms with E-state index in [0.717, 1.165) is 16.7 Å². The molecule has 2 aromatic carbocycles. The molecule has 2 nitrogen and oxygen atoms in total. The molecule has 2 aromatic rings. The number of hydrogen-bond donors (Lipinski definition) is 1. The first-order chi connectivity index (χ1) is 10.6. The van der Waals surface area contributed by atoms with Crippen LogP contribution in [0.3, 0.4) is 0 Å². The molecule has 3 heteroatoms. The fourth-order valence-corrected chi connectivity index (χ4v) is 2.74. The summed E-state index contributed by atoms with van der Waals surface area (Å²) in [6.45, 7) is 3.90. The van der Waals surface area contributed by atoms with Crippen molar-refractivity contribution < 1.29 is 14.2 Å². The van der Waals surface area contributed by atoms with Crippen LogP contribution in [-0.2, 0) is 6.61 Å². The summed E-state index contributed by atoms with van der Waals surface area (Å²) in [7, 11) is 0. The third kappa shape index (κ3) is 3.14. The summed E-state index contributed by atoms with van der Waals surface area (Å²) in [6.07, 6.45) is 2.38. The number of rotatable bonds is 5. The average Bonchev–Trinajstić information content (AvgIpc) is 3.32. The SMILES string of the molecule is CC(C)Oc1cc(-c2ccc(F)cc2)c(C2CC2)cc1CO. The van der Waals surface area contributed by atoms with Crippen LogP contribution in [0.25, 0.3) is 11.1 Å². The maximum Gasteiger partial charge on any atom is 0.125 e. The highest BCUT2D eigenvalue weighted by Gasteiger charge is 2.28. The highest BCUT2D eigenvalue weighted by Crippen LogP contribution is 2.46. The normalized spacial score (nSPS) is 14.4. The van der Waals surface area contributed by atoms with E-state index in [4.69, 9.17) is 4.74 Å². The summed E-state index contributed by atoms with van der Waals surface area (Å²) in [5.41, 5.74) is 4.12. The number of ether oxygens (including phenoxy) is 1. The standard InChI is InChI=1S/C19H21FO2/c1-12(2)22-19-10-18(14-5-7-16(20)8-6-14)17(13-3-4-13)9-15(19)11-21/h5-10,12-13,21H,3-4,11H2,1-2H3. The molecule has 0 unspecified atom stereocenters. The van der Waals surface area contributed by atoms with Crippen molar-refractivity contribution >= 4 is 0 Å². The summed E-state index contributed by atoms with van der Waals surface area (Å²) in [6, 6.07) is 10.6. The summed E-state index contributed by atoms with van der Waals surface area (Å²) in [5.74, 6) is 1.02. The Morgan fingerprint density at radius 3 is 2.41 bits per heavy atom. The number of benzene rings is 2. The Kier molecular flexibility index (Phi) is 4.16. The zero-order valence-corrected chi connectivity index (χ0v) is 13.0. The minimum Gasteiger partial charge on any atom is -0.491 e. The van der Waals surface area contributed by atoms with E-state index in [1.165, 1.54) is 30.5 Å². The molecule has 3 rings (SSSR count). The molecular formula is C19H21FO2. The molecule has 0 atom stereocenters. The van der Waals surface area contributed by atoms with Gasteiger partial charge in [-0.25, -0.2) is 4.39 Å². The van der Waals surface area contributed by atoms with Crippen molar-refractivity contribution in [3.05, 3.63) is 53.3 Å². The fourth-order valence-electron chi connectivity index (χ4n) is 2.74. The molecule has 1 aliphatic carbocycles. The van der Waals surface area contributed by atoms with Crippen molar-refractivity contribution in [1.29, 1.82) is 0 Å². The van der Waals surface area contributed by atoms with Crippen molar-refractivity contribution in [2.45, 2.75) is 45.3 Å². The highest BCUT2D eigenvalue weighted by molar-refractivity contribution is 5.71. The minimum absolute atomic E-state index is 0.0362. The largest absolute Gasteiger partial charge is 0.491 e. The van der Waals surface area contributed by atoms with Crippen molar-refractivity contribution in [2.24, 2.45) is 0 Å². The Morgan fingerprint density at radius 2 is 1.86 bits per heavy atom. The van der Waals surface area contributed by atoms with E-state index in [-0.39, 0.29) is 18.5 Å². The molecule has 0 amide bonds. The molecule has 1 fully saturated rings. The third-order valence-corrected chi connectivity index (χ3v) is 3.94. The molecule has 22 heavy (non-hydrogen) atoms. The second kappa shape index (κ2) is 6.09. The van der Waals surface area contributed by atoms with Gasteiger partial charge in [-0.1, -0.05) is 12.1 Å². The molecule has 1 aliphatic rings.